The van der Waals surface area contributed by atoms with Gasteiger partial charge in [-0.3, -0.25) is 9.59 Å². The number of carbonyl (C=O) groups excluding carboxylic acids is 2. The summed E-state index contributed by atoms with van der Waals surface area (Å²) in [4.78, 5) is 24.1. The SMILES string of the molecule is COc1ccc(/C=C(\NC(C)=O)C(=O)NCc2ccc(S(N)(=O)=O)cc2)cc1OC. The molecule has 30 heavy (non-hydrogen) atoms. The van der Waals surface area contributed by atoms with Gasteiger partial charge in [0.05, 0.1) is 19.1 Å². The third kappa shape index (κ3) is 6.33. The molecule has 0 radical (unpaired) electrons. The molecule has 0 aromatic heterocycles. The summed E-state index contributed by atoms with van der Waals surface area (Å²) in [6.45, 7) is 1.41. The first-order valence-electron chi connectivity index (χ1n) is 8.75. The predicted octanol–water partition coefficient (Wildman–Crippen LogP) is 1.14. The Labute approximate surface area is 174 Å². The lowest BCUT2D eigenvalue weighted by molar-refractivity contribution is -0.122. The zero-order chi connectivity index (χ0) is 22.3. The second kappa shape index (κ2) is 9.90. The van der Waals surface area contributed by atoms with Gasteiger partial charge in [-0.05, 0) is 41.5 Å². The Morgan fingerprint density at radius 3 is 2.20 bits per heavy atom. The van der Waals surface area contributed by atoms with E-state index in [1.54, 1.807) is 18.2 Å². The first-order chi connectivity index (χ1) is 14.1. The van der Waals surface area contributed by atoms with E-state index >= 15 is 0 Å². The minimum atomic E-state index is -3.79. The highest BCUT2D eigenvalue weighted by Crippen LogP contribution is 2.28. The van der Waals surface area contributed by atoms with E-state index in [0.717, 1.165) is 0 Å². The summed E-state index contributed by atoms with van der Waals surface area (Å²) in [7, 11) is -0.779. The highest BCUT2D eigenvalue weighted by Gasteiger charge is 2.13. The van der Waals surface area contributed by atoms with E-state index in [2.05, 4.69) is 10.6 Å². The molecule has 0 bridgehead atoms. The lowest BCUT2D eigenvalue weighted by Crippen LogP contribution is -2.33. The summed E-state index contributed by atoms with van der Waals surface area (Å²) in [6, 6.07) is 10.8. The van der Waals surface area contributed by atoms with Gasteiger partial charge in [0, 0.05) is 13.5 Å². The van der Waals surface area contributed by atoms with Crippen LogP contribution in [0.4, 0.5) is 0 Å². The van der Waals surface area contributed by atoms with Crippen LogP contribution in [-0.2, 0) is 26.2 Å². The van der Waals surface area contributed by atoms with Crippen molar-refractivity contribution in [1.29, 1.82) is 0 Å². The quantitative estimate of drug-likeness (QED) is 0.534. The van der Waals surface area contributed by atoms with E-state index in [1.165, 1.54) is 51.5 Å². The number of rotatable bonds is 8. The van der Waals surface area contributed by atoms with Crippen LogP contribution < -0.4 is 25.2 Å². The molecule has 2 rings (SSSR count). The van der Waals surface area contributed by atoms with E-state index < -0.39 is 21.8 Å². The summed E-state index contributed by atoms with van der Waals surface area (Å²) in [5, 5.41) is 10.2. The van der Waals surface area contributed by atoms with Crippen LogP contribution in [0.2, 0.25) is 0 Å². The minimum Gasteiger partial charge on any atom is -0.493 e. The maximum Gasteiger partial charge on any atom is 0.268 e. The standard InChI is InChI=1S/C20H23N3O6S/c1-13(24)23-17(10-15-6-9-18(28-2)19(11-15)29-3)20(25)22-12-14-4-7-16(8-5-14)30(21,26)27/h4-11H,12H2,1-3H3,(H,22,25)(H,23,24)(H2,21,26,27)/b17-10-. The molecule has 2 aromatic carbocycles. The molecule has 0 unspecified atom stereocenters. The number of methoxy groups -OCH3 is 2. The zero-order valence-corrected chi connectivity index (χ0v) is 17.6. The summed E-state index contributed by atoms with van der Waals surface area (Å²) in [5.41, 5.74) is 1.31. The van der Waals surface area contributed by atoms with Crippen molar-refractivity contribution in [1.82, 2.24) is 10.6 Å². The zero-order valence-electron chi connectivity index (χ0n) is 16.8. The van der Waals surface area contributed by atoms with Crippen LogP contribution in [-0.4, -0.2) is 34.5 Å². The Morgan fingerprint density at radius 1 is 1.03 bits per heavy atom. The fourth-order valence-corrected chi connectivity index (χ4v) is 3.05. The predicted molar refractivity (Wildman–Crippen MR) is 111 cm³/mol. The molecule has 0 aliphatic carbocycles. The number of ether oxygens (including phenoxy) is 2. The van der Waals surface area contributed by atoms with Crippen LogP contribution in [0.5, 0.6) is 11.5 Å². The van der Waals surface area contributed by atoms with E-state index in [9.17, 15) is 18.0 Å². The second-order valence-corrected chi connectivity index (χ2v) is 7.79. The van der Waals surface area contributed by atoms with Crippen molar-refractivity contribution in [2.24, 2.45) is 5.14 Å². The van der Waals surface area contributed by atoms with Gasteiger partial charge in [-0.1, -0.05) is 18.2 Å². The first kappa shape index (κ1) is 22.9. The molecule has 4 N–H and O–H groups in total. The molecule has 0 saturated heterocycles. The van der Waals surface area contributed by atoms with Crippen molar-refractivity contribution < 1.29 is 27.5 Å². The van der Waals surface area contributed by atoms with E-state index in [4.69, 9.17) is 14.6 Å². The van der Waals surface area contributed by atoms with Crippen molar-refractivity contribution in [3.05, 3.63) is 59.3 Å². The molecule has 0 aliphatic rings. The van der Waals surface area contributed by atoms with Gasteiger partial charge in [0.15, 0.2) is 11.5 Å². The highest BCUT2D eigenvalue weighted by molar-refractivity contribution is 7.89. The fraction of sp³-hybridized carbons (Fsp3) is 0.200. The number of hydrogen-bond donors (Lipinski definition) is 3. The number of sulfonamides is 1. The molecule has 9 nitrogen and oxygen atoms in total. The molecule has 0 aliphatic heterocycles. The van der Waals surface area contributed by atoms with Crippen LogP contribution in [0.25, 0.3) is 6.08 Å². The monoisotopic (exact) mass is 433 g/mol. The Kier molecular flexibility index (Phi) is 7.56. The molecule has 0 heterocycles. The Balaban J connectivity index is 2.19. The number of carbonyl (C=O) groups is 2. The normalized spacial score (nSPS) is 11.5. The Hall–Kier alpha value is -3.37. The highest BCUT2D eigenvalue weighted by atomic mass is 32.2. The van der Waals surface area contributed by atoms with Crippen molar-refractivity contribution in [2.75, 3.05) is 14.2 Å². The lowest BCUT2D eigenvalue weighted by atomic mass is 10.1. The first-order valence-corrected chi connectivity index (χ1v) is 10.3. The van der Waals surface area contributed by atoms with Crippen LogP contribution in [0.1, 0.15) is 18.1 Å². The van der Waals surface area contributed by atoms with Crippen LogP contribution in [0, 0.1) is 0 Å². The molecule has 0 fully saturated rings. The molecular weight excluding hydrogens is 410 g/mol. The molecule has 2 amide bonds. The number of hydrogen-bond acceptors (Lipinski definition) is 6. The van der Waals surface area contributed by atoms with Gasteiger partial charge in [-0.25, -0.2) is 13.6 Å². The van der Waals surface area contributed by atoms with Gasteiger partial charge in [-0.15, -0.1) is 0 Å². The topological polar surface area (TPSA) is 137 Å². The molecule has 0 saturated carbocycles. The van der Waals surface area contributed by atoms with E-state index in [0.29, 0.717) is 22.6 Å². The second-order valence-electron chi connectivity index (χ2n) is 6.23. The third-order valence-corrected chi connectivity index (χ3v) is 4.91. The van der Waals surface area contributed by atoms with Gasteiger partial charge in [0.2, 0.25) is 15.9 Å². The molecule has 2 aromatic rings. The molecule has 160 valence electrons. The molecule has 10 heteroatoms. The van der Waals surface area contributed by atoms with Gasteiger partial charge >= 0.3 is 0 Å². The summed E-state index contributed by atoms with van der Waals surface area (Å²) in [6.07, 6.45) is 1.50. The van der Waals surface area contributed by atoms with Gasteiger partial charge in [0.25, 0.3) is 5.91 Å². The van der Waals surface area contributed by atoms with Gasteiger partial charge in [-0.2, -0.15) is 0 Å². The average molecular weight is 433 g/mol. The van der Waals surface area contributed by atoms with E-state index in [-0.39, 0.29) is 17.1 Å². The average Bonchev–Trinajstić information content (AvgIpc) is 2.70. The third-order valence-electron chi connectivity index (χ3n) is 3.98. The fourth-order valence-electron chi connectivity index (χ4n) is 2.53. The Morgan fingerprint density at radius 2 is 1.67 bits per heavy atom. The number of amides is 2. The van der Waals surface area contributed by atoms with Crippen molar-refractivity contribution in [2.45, 2.75) is 18.4 Å². The number of primary sulfonamides is 1. The maximum absolute atomic E-state index is 12.6. The van der Waals surface area contributed by atoms with Gasteiger partial charge in [0.1, 0.15) is 5.70 Å². The van der Waals surface area contributed by atoms with Crippen molar-refractivity contribution in [3.8, 4) is 11.5 Å². The summed E-state index contributed by atoms with van der Waals surface area (Å²) < 4.78 is 33.0. The number of nitrogens with one attached hydrogen (secondary N) is 2. The summed E-state index contributed by atoms with van der Waals surface area (Å²) in [5.74, 6) is 0.0804. The number of benzene rings is 2. The molecule has 0 atom stereocenters. The molecule has 0 spiro atoms. The lowest BCUT2D eigenvalue weighted by Gasteiger charge is -2.11. The minimum absolute atomic E-state index is 0.0233. The van der Waals surface area contributed by atoms with E-state index in [1.807, 2.05) is 0 Å². The van der Waals surface area contributed by atoms with Gasteiger partial charge < -0.3 is 20.1 Å². The van der Waals surface area contributed by atoms with Crippen LogP contribution >= 0.6 is 0 Å². The van der Waals surface area contributed by atoms with Crippen molar-refractivity contribution >= 4 is 27.9 Å². The summed E-state index contributed by atoms with van der Waals surface area (Å²) >= 11 is 0. The molecular formula is C20H23N3O6S. The largest absolute Gasteiger partial charge is 0.493 e. The smallest absolute Gasteiger partial charge is 0.268 e. The van der Waals surface area contributed by atoms with Crippen LogP contribution in [0.15, 0.2) is 53.1 Å². The van der Waals surface area contributed by atoms with Crippen molar-refractivity contribution in [3.63, 3.8) is 0 Å². The number of nitrogens with two attached hydrogens (primary N) is 1. The maximum atomic E-state index is 12.6. The van der Waals surface area contributed by atoms with Crippen LogP contribution in [0.3, 0.4) is 0 Å². The Bertz CT molecular complexity index is 1060.